The van der Waals surface area contributed by atoms with Gasteiger partial charge in [-0.3, -0.25) is 4.90 Å². The van der Waals surface area contributed by atoms with E-state index in [0.717, 1.165) is 41.0 Å². The van der Waals surface area contributed by atoms with Crippen LogP contribution in [-0.4, -0.2) is 65.9 Å². The molecule has 1 N–H and O–H groups in total. The maximum atomic E-state index is 10.7. The van der Waals surface area contributed by atoms with Crippen LogP contribution < -0.4 is 4.74 Å². The van der Waals surface area contributed by atoms with Gasteiger partial charge in [-0.25, -0.2) is 4.68 Å². The molecule has 0 bridgehead atoms. The number of rotatable bonds is 15. The summed E-state index contributed by atoms with van der Waals surface area (Å²) in [4.78, 5) is 2.17. The number of hydrogen-bond acceptors (Lipinski definition) is 6. The minimum absolute atomic E-state index is 0.314. The van der Waals surface area contributed by atoms with Crippen molar-refractivity contribution < 1.29 is 19.3 Å². The van der Waals surface area contributed by atoms with Crippen LogP contribution in [0.5, 0.6) is 11.6 Å². The van der Waals surface area contributed by atoms with Gasteiger partial charge in [0, 0.05) is 46.0 Å². The van der Waals surface area contributed by atoms with Crippen LogP contribution in [0.15, 0.2) is 54.6 Å². The van der Waals surface area contributed by atoms with Gasteiger partial charge >= 0.3 is 0 Å². The second kappa shape index (κ2) is 14.0. The third-order valence-electron chi connectivity index (χ3n) is 5.75. The van der Waals surface area contributed by atoms with E-state index < -0.39 is 6.10 Å². The summed E-state index contributed by atoms with van der Waals surface area (Å²) in [5.74, 6) is 1.45. The fraction of sp³-hybridized carbons (Fsp3) is 0.464. The van der Waals surface area contributed by atoms with Gasteiger partial charge in [0.15, 0.2) is 0 Å². The summed E-state index contributed by atoms with van der Waals surface area (Å²) in [5.41, 5.74) is 3.98. The van der Waals surface area contributed by atoms with Crippen LogP contribution in [-0.2, 0) is 23.1 Å². The van der Waals surface area contributed by atoms with Gasteiger partial charge in [0.05, 0.1) is 24.9 Å². The third kappa shape index (κ3) is 8.18. The molecule has 3 rings (SSSR count). The molecule has 190 valence electrons. The van der Waals surface area contributed by atoms with E-state index in [9.17, 15) is 5.11 Å². The standard InChI is InChI=1S/C28H39N3O4/c1-5-6-16-34-21-24(32)19-31(15-17-33-4)20-26-27(23-12-8-7-9-13-23)29-30(3)28(26)35-25-14-10-11-22(2)18-25/h7-14,18,24,32H,5-6,15-17,19-21H2,1-4H3/t24-/m0/s1. The molecule has 35 heavy (non-hydrogen) atoms. The molecule has 0 radical (unpaired) electrons. The number of aliphatic hydroxyl groups excluding tert-OH is 1. The van der Waals surface area contributed by atoms with E-state index in [-0.39, 0.29) is 0 Å². The number of nitrogens with zero attached hydrogens (tertiary/aromatic N) is 3. The highest BCUT2D eigenvalue weighted by Crippen LogP contribution is 2.34. The zero-order chi connectivity index (χ0) is 25.0. The number of hydrogen-bond donors (Lipinski definition) is 1. The van der Waals surface area contributed by atoms with Crippen LogP contribution in [0.3, 0.4) is 0 Å². The highest BCUT2D eigenvalue weighted by Gasteiger charge is 2.23. The monoisotopic (exact) mass is 481 g/mol. The Labute approximate surface area is 209 Å². The lowest BCUT2D eigenvalue weighted by Crippen LogP contribution is -2.36. The Morgan fingerprint density at radius 3 is 2.60 bits per heavy atom. The van der Waals surface area contributed by atoms with Crippen LogP contribution >= 0.6 is 0 Å². The van der Waals surface area contributed by atoms with Crippen LogP contribution in [0.4, 0.5) is 0 Å². The third-order valence-corrected chi connectivity index (χ3v) is 5.75. The van der Waals surface area contributed by atoms with Crippen molar-refractivity contribution in [1.82, 2.24) is 14.7 Å². The highest BCUT2D eigenvalue weighted by molar-refractivity contribution is 5.65. The molecule has 1 aromatic heterocycles. The van der Waals surface area contributed by atoms with E-state index in [1.165, 1.54) is 0 Å². The Kier molecular flexibility index (Phi) is 10.8. The van der Waals surface area contributed by atoms with E-state index in [4.69, 9.17) is 19.3 Å². The molecule has 1 heterocycles. The molecule has 0 aliphatic heterocycles. The molecule has 0 amide bonds. The number of aromatic nitrogens is 2. The van der Waals surface area contributed by atoms with Gasteiger partial charge in [0.25, 0.3) is 0 Å². The van der Waals surface area contributed by atoms with Gasteiger partial charge in [-0.1, -0.05) is 55.8 Å². The summed E-state index contributed by atoms with van der Waals surface area (Å²) in [7, 11) is 3.59. The molecule has 0 aliphatic carbocycles. The number of unbranched alkanes of at least 4 members (excludes halogenated alkanes) is 1. The van der Waals surface area contributed by atoms with Crippen LogP contribution in [0.25, 0.3) is 11.3 Å². The lowest BCUT2D eigenvalue weighted by Gasteiger charge is -2.25. The van der Waals surface area contributed by atoms with E-state index >= 15 is 0 Å². The van der Waals surface area contributed by atoms with E-state index in [1.54, 1.807) is 11.8 Å². The summed E-state index contributed by atoms with van der Waals surface area (Å²) < 4.78 is 19.2. The average Bonchev–Trinajstić information content (AvgIpc) is 3.15. The molecule has 1 atom stereocenters. The normalized spacial score (nSPS) is 12.3. The molecule has 0 spiro atoms. The molecule has 0 unspecified atom stereocenters. The molecule has 7 nitrogen and oxygen atoms in total. The molecule has 0 aliphatic rings. The summed E-state index contributed by atoms with van der Waals surface area (Å²) >= 11 is 0. The predicted molar refractivity (Wildman–Crippen MR) is 139 cm³/mol. The van der Waals surface area contributed by atoms with Gasteiger partial charge in [-0.15, -0.1) is 0 Å². The van der Waals surface area contributed by atoms with Crippen LogP contribution in [0.1, 0.15) is 30.9 Å². The zero-order valence-corrected chi connectivity index (χ0v) is 21.4. The zero-order valence-electron chi connectivity index (χ0n) is 21.4. The topological polar surface area (TPSA) is 69.0 Å². The average molecular weight is 482 g/mol. The molecule has 3 aromatic rings. The molecular weight excluding hydrogens is 442 g/mol. The minimum Gasteiger partial charge on any atom is -0.439 e. The SMILES string of the molecule is CCCCOC[C@@H](O)CN(CCOC)Cc1c(-c2ccccc2)nn(C)c1Oc1cccc(C)c1. The lowest BCUT2D eigenvalue weighted by atomic mass is 10.1. The van der Waals surface area contributed by atoms with Crippen molar-refractivity contribution in [3.05, 3.63) is 65.7 Å². The van der Waals surface area contributed by atoms with Gasteiger partial charge < -0.3 is 19.3 Å². The van der Waals surface area contributed by atoms with Gasteiger partial charge in [-0.2, -0.15) is 5.10 Å². The van der Waals surface area contributed by atoms with E-state index in [0.29, 0.717) is 45.3 Å². The maximum absolute atomic E-state index is 10.7. The van der Waals surface area contributed by atoms with Gasteiger partial charge in [0.1, 0.15) is 11.4 Å². The Bertz CT molecular complexity index is 1020. The molecule has 0 saturated carbocycles. The number of aryl methyl sites for hydroxylation is 2. The first kappa shape index (κ1) is 26.9. The maximum Gasteiger partial charge on any atom is 0.222 e. The highest BCUT2D eigenvalue weighted by atomic mass is 16.5. The second-order valence-electron chi connectivity index (χ2n) is 8.85. The summed E-state index contributed by atoms with van der Waals surface area (Å²) in [6, 6.07) is 18.1. The van der Waals surface area contributed by atoms with Crippen molar-refractivity contribution >= 4 is 0 Å². The molecule has 0 saturated heterocycles. The quantitative estimate of drug-likeness (QED) is 0.314. The van der Waals surface area contributed by atoms with Gasteiger partial charge in [0.2, 0.25) is 5.88 Å². The first-order valence-electron chi connectivity index (χ1n) is 12.3. The molecule has 7 heteroatoms. The van der Waals surface area contributed by atoms with Crippen molar-refractivity contribution in [3.8, 4) is 22.9 Å². The van der Waals surface area contributed by atoms with Crippen LogP contribution in [0, 0.1) is 6.92 Å². The lowest BCUT2D eigenvalue weighted by molar-refractivity contribution is 0.0101. The first-order chi connectivity index (χ1) is 17.0. The number of methoxy groups -OCH3 is 1. The number of benzene rings is 2. The van der Waals surface area contributed by atoms with Crippen molar-refractivity contribution in [2.75, 3.05) is 40.0 Å². The Morgan fingerprint density at radius 1 is 1.09 bits per heavy atom. The largest absolute Gasteiger partial charge is 0.439 e. The Balaban J connectivity index is 1.89. The Hall–Kier alpha value is -2.71. The molecular formula is C28H39N3O4. The summed E-state index contributed by atoms with van der Waals surface area (Å²) in [6.07, 6.45) is 1.47. The molecule has 0 fully saturated rings. The fourth-order valence-corrected chi connectivity index (χ4v) is 3.94. The van der Waals surface area contributed by atoms with E-state index in [1.807, 2.05) is 56.4 Å². The van der Waals surface area contributed by atoms with Crippen molar-refractivity contribution in [3.63, 3.8) is 0 Å². The fourth-order valence-electron chi connectivity index (χ4n) is 3.94. The van der Waals surface area contributed by atoms with Crippen molar-refractivity contribution in [1.29, 1.82) is 0 Å². The van der Waals surface area contributed by atoms with Crippen molar-refractivity contribution in [2.24, 2.45) is 7.05 Å². The minimum atomic E-state index is -0.596. The summed E-state index contributed by atoms with van der Waals surface area (Å²) in [6.45, 7) is 7.38. The first-order valence-corrected chi connectivity index (χ1v) is 12.3. The molecule has 2 aromatic carbocycles. The van der Waals surface area contributed by atoms with Crippen molar-refractivity contribution in [2.45, 2.75) is 39.3 Å². The smallest absolute Gasteiger partial charge is 0.222 e. The van der Waals surface area contributed by atoms with E-state index in [2.05, 4.69) is 24.0 Å². The number of ether oxygens (including phenoxy) is 3. The van der Waals surface area contributed by atoms with Gasteiger partial charge in [-0.05, 0) is 31.0 Å². The number of aliphatic hydroxyl groups is 1. The summed E-state index contributed by atoms with van der Waals surface area (Å²) in [5, 5.41) is 15.5. The Morgan fingerprint density at radius 2 is 1.89 bits per heavy atom. The van der Waals surface area contributed by atoms with Crippen LogP contribution in [0.2, 0.25) is 0 Å². The second-order valence-corrected chi connectivity index (χ2v) is 8.85. The predicted octanol–water partition coefficient (Wildman–Crippen LogP) is 4.81.